The van der Waals surface area contributed by atoms with E-state index in [1.807, 2.05) is 69.3 Å². The maximum Gasteiger partial charge on any atom is 0.257 e. The lowest BCUT2D eigenvalue weighted by molar-refractivity contribution is 0.0939. The lowest BCUT2D eigenvalue weighted by Crippen LogP contribution is -2.27. The molecular weight excluding hydrogens is 368 g/mol. The van der Waals surface area contributed by atoms with E-state index in [2.05, 4.69) is 10.5 Å². The van der Waals surface area contributed by atoms with Gasteiger partial charge in [0.05, 0.1) is 19.3 Å². The van der Waals surface area contributed by atoms with Crippen molar-refractivity contribution in [1.82, 2.24) is 10.5 Å². The number of ether oxygens (including phenoxy) is 2. The number of carbonyl (C=O) groups excluding carboxylic acids is 1. The van der Waals surface area contributed by atoms with Gasteiger partial charge in [0, 0.05) is 5.56 Å². The number of nitrogens with zero attached hydrogens (tertiary/aromatic N) is 1. The van der Waals surface area contributed by atoms with E-state index in [4.69, 9.17) is 14.0 Å². The van der Waals surface area contributed by atoms with Gasteiger partial charge in [0.1, 0.15) is 17.0 Å². The Bertz CT molecular complexity index is 966. The largest absolute Gasteiger partial charge is 0.490 e. The summed E-state index contributed by atoms with van der Waals surface area (Å²) in [5.41, 5.74) is 2.73. The van der Waals surface area contributed by atoms with Gasteiger partial charge in [0.25, 0.3) is 5.91 Å². The number of aryl methyl sites for hydroxylation is 1. The molecule has 3 rings (SSSR count). The summed E-state index contributed by atoms with van der Waals surface area (Å²) in [5.74, 6) is 1.61. The van der Waals surface area contributed by atoms with E-state index in [1.54, 1.807) is 6.92 Å². The molecule has 0 saturated carbocycles. The third-order valence-electron chi connectivity index (χ3n) is 4.55. The van der Waals surface area contributed by atoms with Crippen LogP contribution in [-0.2, 0) is 0 Å². The zero-order chi connectivity index (χ0) is 20.8. The van der Waals surface area contributed by atoms with Gasteiger partial charge < -0.3 is 19.3 Å². The number of nitrogens with one attached hydrogen (secondary N) is 1. The zero-order valence-corrected chi connectivity index (χ0v) is 17.2. The molecule has 0 radical (unpaired) electrons. The van der Waals surface area contributed by atoms with Crippen LogP contribution in [0.4, 0.5) is 0 Å². The molecule has 1 heterocycles. The molecule has 152 valence electrons. The van der Waals surface area contributed by atoms with Crippen molar-refractivity contribution >= 4 is 5.91 Å². The van der Waals surface area contributed by atoms with Crippen molar-refractivity contribution in [2.45, 2.75) is 33.7 Å². The number of hydrogen-bond donors (Lipinski definition) is 1. The summed E-state index contributed by atoms with van der Waals surface area (Å²) in [6.45, 7) is 8.61. The second-order valence-electron chi connectivity index (χ2n) is 6.60. The van der Waals surface area contributed by atoms with E-state index in [-0.39, 0.29) is 11.9 Å². The van der Waals surface area contributed by atoms with Gasteiger partial charge in [-0.3, -0.25) is 4.79 Å². The highest BCUT2D eigenvalue weighted by atomic mass is 16.5. The molecule has 0 unspecified atom stereocenters. The first-order chi connectivity index (χ1) is 14.0. The van der Waals surface area contributed by atoms with E-state index in [1.165, 1.54) is 0 Å². The summed E-state index contributed by atoms with van der Waals surface area (Å²) in [4.78, 5) is 13.0. The molecule has 1 atom stereocenters. The van der Waals surface area contributed by atoms with Crippen LogP contribution >= 0.6 is 0 Å². The first-order valence-corrected chi connectivity index (χ1v) is 9.77. The number of hydrogen-bond acceptors (Lipinski definition) is 5. The molecule has 0 aliphatic rings. The van der Waals surface area contributed by atoms with Crippen molar-refractivity contribution in [2.24, 2.45) is 0 Å². The van der Waals surface area contributed by atoms with Gasteiger partial charge in [-0.25, -0.2) is 0 Å². The highest BCUT2D eigenvalue weighted by Gasteiger charge is 2.23. The Labute approximate surface area is 170 Å². The molecule has 6 nitrogen and oxygen atoms in total. The fraction of sp³-hybridized carbons (Fsp3) is 0.304. The normalized spacial score (nSPS) is 11.7. The minimum atomic E-state index is -0.240. The summed E-state index contributed by atoms with van der Waals surface area (Å²) < 4.78 is 16.6. The molecule has 2 aromatic carbocycles. The highest BCUT2D eigenvalue weighted by Crippen LogP contribution is 2.31. The average Bonchev–Trinajstić information content (AvgIpc) is 3.12. The average molecular weight is 394 g/mol. The molecule has 29 heavy (non-hydrogen) atoms. The Hall–Kier alpha value is -3.28. The van der Waals surface area contributed by atoms with Crippen LogP contribution in [0.25, 0.3) is 11.3 Å². The van der Waals surface area contributed by atoms with Crippen molar-refractivity contribution in [3.05, 3.63) is 65.4 Å². The summed E-state index contributed by atoms with van der Waals surface area (Å²) in [7, 11) is 0. The Morgan fingerprint density at radius 3 is 2.45 bits per heavy atom. The van der Waals surface area contributed by atoms with Crippen LogP contribution in [-0.4, -0.2) is 24.3 Å². The quantitative estimate of drug-likeness (QED) is 0.586. The Morgan fingerprint density at radius 1 is 1.07 bits per heavy atom. The predicted octanol–water partition coefficient (Wildman–Crippen LogP) is 4.94. The molecule has 0 bridgehead atoms. The van der Waals surface area contributed by atoms with Crippen molar-refractivity contribution < 1.29 is 18.8 Å². The Kier molecular flexibility index (Phi) is 6.54. The van der Waals surface area contributed by atoms with Crippen molar-refractivity contribution in [3.8, 4) is 22.8 Å². The highest BCUT2D eigenvalue weighted by molar-refractivity contribution is 6.00. The number of carbonyl (C=O) groups is 1. The molecule has 0 saturated heterocycles. The van der Waals surface area contributed by atoms with E-state index in [9.17, 15) is 4.79 Å². The summed E-state index contributed by atoms with van der Waals surface area (Å²) >= 11 is 0. The third kappa shape index (κ3) is 4.59. The molecule has 6 heteroatoms. The van der Waals surface area contributed by atoms with Gasteiger partial charge in [0.2, 0.25) is 0 Å². The molecular formula is C23H26N2O4. The standard InChI is InChI=1S/C23H26N2O4/c1-5-27-19-13-12-18(14-20(19)28-6-2)15(3)24-23(26)21-16(4)29-25-22(21)17-10-8-7-9-11-17/h7-15H,5-6H2,1-4H3,(H,24,26)/t15-/m0/s1. The van der Waals surface area contributed by atoms with Gasteiger partial charge in [-0.05, 0) is 45.4 Å². The van der Waals surface area contributed by atoms with Crippen LogP contribution in [0.2, 0.25) is 0 Å². The maximum absolute atomic E-state index is 13.0. The monoisotopic (exact) mass is 394 g/mol. The summed E-state index contributed by atoms with van der Waals surface area (Å²) in [5, 5.41) is 7.12. The molecule has 0 spiro atoms. The van der Waals surface area contributed by atoms with Gasteiger partial charge in [-0.2, -0.15) is 0 Å². The number of rotatable bonds is 8. The molecule has 0 aliphatic carbocycles. The molecule has 3 aromatic rings. The van der Waals surface area contributed by atoms with Crippen molar-refractivity contribution in [2.75, 3.05) is 13.2 Å². The van der Waals surface area contributed by atoms with Gasteiger partial charge in [-0.1, -0.05) is 41.6 Å². The maximum atomic E-state index is 13.0. The third-order valence-corrected chi connectivity index (χ3v) is 4.55. The van der Waals surface area contributed by atoms with Crippen molar-refractivity contribution in [3.63, 3.8) is 0 Å². The summed E-state index contributed by atoms with van der Waals surface area (Å²) in [6, 6.07) is 15.0. The lowest BCUT2D eigenvalue weighted by atomic mass is 10.0. The second-order valence-corrected chi connectivity index (χ2v) is 6.60. The first kappa shape index (κ1) is 20.5. The Balaban J connectivity index is 1.83. The van der Waals surface area contributed by atoms with E-state index >= 15 is 0 Å². The SMILES string of the molecule is CCOc1ccc([C@H](C)NC(=O)c2c(-c3ccccc3)noc2C)cc1OCC. The van der Waals surface area contributed by atoms with E-state index < -0.39 is 0 Å². The van der Waals surface area contributed by atoms with E-state index in [0.29, 0.717) is 41.7 Å². The smallest absolute Gasteiger partial charge is 0.257 e. The van der Waals surface area contributed by atoms with Crippen LogP contribution < -0.4 is 14.8 Å². The van der Waals surface area contributed by atoms with Gasteiger partial charge >= 0.3 is 0 Å². The molecule has 1 amide bonds. The summed E-state index contributed by atoms with van der Waals surface area (Å²) in [6.07, 6.45) is 0. The first-order valence-electron chi connectivity index (χ1n) is 9.77. The topological polar surface area (TPSA) is 73.6 Å². The molecule has 1 aromatic heterocycles. The predicted molar refractivity (Wildman–Crippen MR) is 111 cm³/mol. The lowest BCUT2D eigenvalue weighted by Gasteiger charge is -2.17. The van der Waals surface area contributed by atoms with Gasteiger partial charge in [0.15, 0.2) is 11.5 Å². The number of benzene rings is 2. The fourth-order valence-electron chi connectivity index (χ4n) is 3.12. The minimum absolute atomic E-state index is 0.234. The van der Waals surface area contributed by atoms with Crippen LogP contribution in [0.15, 0.2) is 53.1 Å². The number of aromatic nitrogens is 1. The van der Waals surface area contributed by atoms with Crippen LogP contribution in [0.5, 0.6) is 11.5 Å². The number of amides is 1. The van der Waals surface area contributed by atoms with Crippen LogP contribution in [0, 0.1) is 6.92 Å². The Morgan fingerprint density at radius 2 is 1.76 bits per heavy atom. The van der Waals surface area contributed by atoms with Crippen LogP contribution in [0.3, 0.4) is 0 Å². The second kappa shape index (κ2) is 9.28. The zero-order valence-electron chi connectivity index (χ0n) is 17.2. The fourth-order valence-corrected chi connectivity index (χ4v) is 3.12. The van der Waals surface area contributed by atoms with E-state index in [0.717, 1.165) is 11.1 Å². The van der Waals surface area contributed by atoms with Crippen molar-refractivity contribution in [1.29, 1.82) is 0 Å². The van der Waals surface area contributed by atoms with Crippen LogP contribution in [0.1, 0.15) is 48.5 Å². The molecule has 0 fully saturated rings. The molecule has 1 N–H and O–H groups in total. The van der Waals surface area contributed by atoms with Gasteiger partial charge in [-0.15, -0.1) is 0 Å². The molecule has 0 aliphatic heterocycles. The minimum Gasteiger partial charge on any atom is -0.490 e.